The highest BCUT2D eigenvalue weighted by molar-refractivity contribution is 7.08. The zero-order chi connectivity index (χ0) is 18.8. The smallest absolute Gasteiger partial charge is 0.312 e. The lowest BCUT2D eigenvalue weighted by atomic mass is 9.89. The third-order valence-corrected chi connectivity index (χ3v) is 5.32. The van der Waals surface area contributed by atoms with Crippen molar-refractivity contribution in [3.05, 3.63) is 58.1 Å². The highest BCUT2D eigenvalue weighted by Crippen LogP contribution is 2.29. The number of fused-ring (bicyclic) bond motifs is 1. The molecule has 138 valence electrons. The molecular formula is C19H17N3O4S. The lowest BCUT2D eigenvalue weighted by Gasteiger charge is -2.32. The van der Waals surface area contributed by atoms with E-state index in [1.165, 1.54) is 0 Å². The molecule has 1 amide bonds. The van der Waals surface area contributed by atoms with Gasteiger partial charge in [-0.3, -0.25) is 9.59 Å². The number of hydrogen-bond donors (Lipinski definition) is 1. The maximum absolute atomic E-state index is 12.6. The second kappa shape index (κ2) is 7.32. The number of thiophene rings is 1. The summed E-state index contributed by atoms with van der Waals surface area (Å²) in [5.74, 6) is -0.899. The second-order valence-corrected chi connectivity index (χ2v) is 7.16. The summed E-state index contributed by atoms with van der Waals surface area (Å²) >= 11 is 1.54. The maximum Gasteiger partial charge on any atom is 0.312 e. The summed E-state index contributed by atoms with van der Waals surface area (Å²) in [5.41, 5.74) is 2.52. The number of rotatable bonds is 5. The number of aromatic nitrogens is 2. The average molecular weight is 383 g/mol. The molecule has 3 heterocycles. The van der Waals surface area contributed by atoms with Crippen LogP contribution in [0.2, 0.25) is 0 Å². The zero-order valence-corrected chi connectivity index (χ0v) is 15.2. The number of carboxylic acid groups (broad SMARTS) is 1. The van der Waals surface area contributed by atoms with Gasteiger partial charge >= 0.3 is 5.97 Å². The van der Waals surface area contributed by atoms with Gasteiger partial charge in [-0.25, -0.2) is 0 Å². The Bertz CT molecular complexity index is 967. The topological polar surface area (TPSA) is 96.5 Å². The van der Waals surface area contributed by atoms with Gasteiger partial charge in [0.25, 0.3) is 0 Å². The van der Waals surface area contributed by atoms with E-state index in [9.17, 15) is 14.7 Å². The first-order valence-electron chi connectivity index (χ1n) is 8.55. The van der Waals surface area contributed by atoms with E-state index >= 15 is 0 Å². The Morgan fingerprint density at radius 2 is 2.11 bits per heavy atom. The molecule has 1 aliphatic heterocycles. The third-order valence-electron chi connectivity index (χ3n) is 4.63. The quantitative estimate of drug-likeness (QED) is 0.728. The van der Waals surface area contributed by atoms with Crippen LogP contribution in [0.25, 0.3) is 11.5 Å². The molecule has 8 heteroatoms. The standard InChI is InChI=1S/C19H17N3O4S/c23-17(6-5-16-20-21-18(26-16)13-7-8-27-11-13)22-9-12-3-1-2-4-14(12)15(10-22)19(24)25/h1-4,7-8,11,15H,5-6,9-10H2,(H,24,25). The number of aliphatic carboxylic acids is 1. The van der Waals surface area contributed by atoms with Gasteiger partial charge in [0.15, 0.2) is 0 Å². The van der Waals surface area contributed by atoms with E-state index in [1.54, 1.807) is 16.2 Å². The van der Waals surface area contributed by atoms with E-state index in [4.69, 9.17) is 4.42 Å². The normalized spacial score (nSPS) is 16.1. The van der Waals surface area contributed by atoms with Crippen LogP contribution in [0.1, 0.15) is 29.4 Å². The molecule has 1 unspecified atom stereocenters. The van der Waals surface area contributed by atoms with E-state index in [-0.39, 0.29) is 18.9 Å². The van der Waals surface area contributed by atoms with Gasteiger partial charge in [0.05, 0.1) is 5.92 Å². The van der Waals surface area contributed by atoms with Gasteiger partial charge in [-0.1, -0.05) is 24.3 Å². The van der Waals surface area contributed by atoms with Crippen molar-refractivity contribution in [2.24, 2.45) is 0 Å². The SMILES string of the molecule is O=C(O)C1CN(C(=O)CCc2nnc(-c3ccsc3)o2)Cc2ccccc21. The molecule has 4 rings (SSSR count). The van der Waals surface area contributed by atoms with Crippen LogP contribution in [0.5, 0.6) is 0 Å². The number of aryl methyl sites for hydroxylation is 1. The average Bonchev–Trinajstić information content (AvgIpc) is 3.36. The number of carbonyl (C=O) groups is 2. The van der Waals surface area contributed by atoms with Crippen LogP contribution < -0.4 is 0 Å². The van der Waals surface area contributed by atoms with E-state index in [1.807, 2.05) is 41.1 Å². The number of hydrogen-bond acceptors (Lipinski definition) is 6. The molecule has 0 radical (unpaired) electrons. The molecule has 1 atom stereocenters. The summed E-state index contributed by atoms with van der Waals surface area (Å²) in [7, 11) is 0. The Hall–Kier alpha value is -3.00. The minimum Gasteiger partial charge on any atom is -0.481 e. The summed E-state index contributed by atoms with van der Waals surface area (Å²) in [6, 6.07) is 9.27. The van der Waals surface area contributed by atoms with Crippen LogP contribution in [-0.2, 0) is 22.6 Å². The third kappa shape index (κ3) is 3.61. The largest absolute Gasteiger partial charge is 0.481 e. The van der Waals surface area contributed by atoms with Crippen molar-refractivity contribution < 1.29 is 19.1 Å². The molecule has 1 aliphatic rings. The van der Waals surface area contributed by atoms with Gasteiger partial charge in [-0.15, -0.1) is 10.2 Å². The van der Waals surface area contributed by atoms with E-state index in [2.05, 4.69) is 10.2 Å². The fourth-order valence-electron chi connectivity index (χ4n) is 3.24. The van der Waals surface area contributed by atoms with Crippen molar-refractivity contribution in [1.82, 2.24) is 15.1 Å². The summed E-state index contributed by atoms with van der Waals surface area (Å²) in [4.78, 5) is 25.8. The molecule has 0 fully saturated rings. The molecule has 0 spiro atoms. The molecule has 0 bridgehead atoms. The minimum absolute atomic E-state index is 0.119. The number of amides is 1. The molecule has 3 aromatic rings. The zero-order valence-electron chi connectivity index (χ0n) is 14.4. The Kier molecular flexibility index (Phi) is 4.72. The molecule has 0 saturated heterocycles. The molecule has 0 aliphatic carbocycles. The van der Waals surface area contributed by atoms with E-state index < -0.39 is 11.9 Å². The van der Waals surface area contributed by atoms with Crippen molar-refractivity contribution in [2.75, 3.05) is 6.54 Å². The van der Waals surface area contributed by atoms with E-state index in [0.29, 0.717) is 24.7 Å². The van der Waals surface area contributed by atoms with Gasteiger partial charge in [-0.05, 0) is 22.6 Å². The van der Waals surface area contributed by atoms with Crippen LogP contribution in [0.4, 0.5) is 0 Å². The molecule has 1 N–H and O–H groups in total. The van der Waals surface area contributed by atoms with Crippen LogP contribution in [0.15, 0.2) is 45.5 Å². The number of carboxylic acids is 1. The van der Waals surface area contributed by atoms with Crippen molar-refractivity contribution >= 4 is 23.2 Å². The molecule has 0 saturated carbocycles. The predicted molar refractivity (Wildman–Crippen MR) is 98.2 cm³/mol. The first kappa shape index (κ1) is 17.4. The highest BCUT2D eigenvalue weighted by Gasteiger charge is 2.32. The van der Waals surface area contributed by atoms with Crippen LogP contribution in [0.3, 0.4) is 0 Å². The van der Waals surface area contributed by atoms with Gasteiger partial charge < -0.3 is 14.4 Å². The van der Waals surface area contributed by atoms with Crippen LogP contribution in [0, 0.1) is 0 Å². The Morgan fingerprint density at radius 3 is 2.89 bits per heavy atom. The Labute approximate surface area is 159 Å². The van der Waals surface area contributed by atoms with Crippen molar-refractivity contribution in [1.29, 1.82) is 0 Å². The lowest BCUT2D eigenvalue weighted by molar-refractivity contribution is -0.141. The minimum atomic E-state index is -0.919. The number of carbonyl (C=O) groups excluding carboxylic acids is 1. The molecule has 1 aromatic carbocycles. The Balaban J connectivity index is 1.42. The fraction of sp³-hybridized carbons (Fsp3) is 0.263. The molecule has 27 heavy (non-hydrogen) atoms. The monoisotopic (exact) mass is 383 g/mol. The summed E-state index contributed by atoms with van der Waals surface area (Å²) in [6.45, 7) is 0.595. The highest BCUT2D eigenvalue weighted by atomic mass is 32.1. The summed E-state index contributed by atoms with van der Waals surface area (Å²) < 4.78 is 5.60. The van der Waals surface area contributed by atoms with Gasteiger partial charge in [-0.2, -0.15) is 11.3 Å². The number of nitrogens with zero attached hydrogens (tertiary/aromatic N) is 3. The number of benzene rings is 1. The summed E-state index contributed by atoms with van der Waals surface area (Å²) in [6.07, 6.45) is 0.519. The first-order chi connectivity index (χ1) is 13.1. The van der Waals surface area contributed by atoms with Gasteiger partial charge in [0, 0.05) is 36.9 Å². The van der Waals surface area contributed by atoms with Gasteiger partial charge in [0.2, 0.25) is 17.7 Å². The molecule has 2 aromatic heterocycles. The Morgan fingerprint density at radius 1 is 1.26 bits per heavy atom. The van der Waals surface area contributed by atoms with Crippen LogP contribution in [-0.4, -0.2) is 38.6 Å². The molecular weight excluding hydrogens is 366 g/mol. The van der Waals surface area contributed by atoms with Crippen molar-refractivity contribution in [2.45, 2.75) is 25.3 Å². The van der Waals surface area contributed by atoms with Gasteiger partial charge in [0.1, 0.15) is 0 Å². The second-order valence-electron chi connectivity index (χ2n) is 6.38. The predicted octanol–water partition coefficient (Wildman–Crippen LogP) is 2.94. The first-order valence-corrected chi connectivity index (χ1v) is 9.49. The summed E-state index contributed by atoms with van der Waals surface area (Å²) in [5, 5.41) is 21.4. The van der Waals surface area contributed by atoms with E-state index in [0.717, 1.165) is 16.7 Å². The lowest BCUT2D eigenvalue weighted by Crippen LogP contribution is -2.40. The van der Waals surface area contributed by atoms with Crippen LogP contribution >= 0.6 is 11.3 Å². The van der Waals surface area contributed by atoms with Crippen molar-refractivity contribution in [3.63, 3.8) is 0 Å². The van der Waals surface area contributed by atoms with Crippen molar-refractivity contribution in [3.8, 4) is 11.5 Å². The molecule has 7 nitrogen and oxygen atoms in total. The fourth-order valence-corrected chi connectivity index (χ4v) is 3.87. The maximum atomic E-state index is 12.6.